The molecule has 0 aliphatic rings. The van der Waals surface area contributed by atoms with Crippen LogP contribution < -0.4 is 0 Å². The summed E-state index contributed by atoms with van der Waals surface area (Å²) in [6.45, 7) is 3.42. The third-order valence-corrected chi connectivity index (χ3v) is 4.21. The van der Waals surface area contributed by atoms with Crippen LogP contribution in [-0.2, 0) is 4.84 Å². The highest BCUT2D eigenvalue weighted by Crippen LogP contribution is 2.31. The van der Waals surface area contributed by atoms with E-state index in [1.165, 1.54) is 6.21 Å². The summed E-state index contributed by atoms with van der Waals surface area (Å²) in [6, 6.07) is 6.93. The van der Waals surface area contributed by atoms with Gasteiger partial charge in [-0.3, -0.25) is 0 Å². The van der Waals surface area contributed by atoms with Crippen LogP contribution in [-0.4, -0.2) is 26.9 Å². The Morgan fingerprint density at radius 2 is 2.04 bits per heavy atom. The van der Waals surface area contributed by atoms with Crippen LogP contribution in [0.25, 0.3) is 10.6 Å². The van der Waals surface area contributed by atoms with E-state index < -0.39 is 5.97 Å². The molecule has 0 spiro atoms. The smallest absolute Gasteiger partial charge is 0.354 e. The molecule has 0 amide bonds. The van der Waals surface area contributed by atoms with Crippen molar-refractivity contribution in [1.29, 1.82) is 0 Å². The van der Waals surface area contributed by atoms with Crippen molar-refractivity contribution in [2.45, 2.75) is 13.8 Å². The van der Waals surface area contributed by atoms with Gasteiger partial charge in [0.2, 0.25) is 0 Å². The minimum atomic E-state index is -0.665. The normalized spacial score (nSPS) is 11.1. The maximum absolute atomic E-state index is 12.3. The fourth-order valence-electron chi connectivity index (χ4n) is 1.93. The monoisotopic (exact) mass is 362 g/mol. The molecule has 122 valence electrons. The second-order valence-corrected chi connectivity index (χ2v) is 6.01. The van der Waals surface area contributed by atoms with E-state index in [0.29, 0.717) is 21.3 Å². The van der Waals surface area contributed by atoms with Gasteiger partial charge in [-0.15, -0.1) is 5.10 Å². The first kappa shape index (κ1) is 16.3. The van der Waals surface area contributed by atoms with E-state index >= 15 is 0 Å². The van der Waals surface area contributed by atoms with Gasteiger partial charge in [0, 0.05) is 5.02 Å². The van der Waals surface area contributed by atoms with Gasteiger partial charge in [-0.2, -0.15) is 0 Å². The summed E-state index contributed by atoms with van der Waals surface area (Å²) in [5.41, 5.74) is 2.01. The zero-order valence-electron chi connectivity index (χ0n) is 12.7. The first-order valence-electron chi connectivity index (χ1n) is 6.82. The van der Waals surface area contributed by atoms with Gasteiger partial charge in [-0.25, -0.2) is 4.79 Å². The number of oxime groups is 1. The van der Waals surface area contributed by atoms with E-state index in [0.717, 1.165) is 17.1 Å². The summed E-state index contributed by atoms with van der Waals surface area (Å²) >= 11 is 6.92. The van der Waals surface area contributed by atoms with Crippen LogP contribution in [0.1, 0.15) is 27.3 Å². The molecule has 3 rings (SSSR count). The van der Waals surface area contributed by atoms with E-state index in [-0.39, 0.29) is 11.3 Å². The summed E-state index contributed by atoms with van der Waals surface area (Å²) in [5, 5.41) is 12.0. The number of hydrogen-bond donors (Lipinski definition) is 0. The Labute approximate surface area is 146 Å². The number of halogens is 1. The molecule has 7 nitrogen and oxygen atoms in total. The Hall–Kier alpha value is -2.58. The van der Waals surface area contributed by atoms with Crippen molar-refractivity contribution in [1.82, 2.24) is 14.7 Å². The van der Waals surface area contributed by atoms with Gasteiger partial charge in [0.1, 0.15) is 10.4 Å². The summed E-state index contributed by atoms with van der Waals surface area (Å²) in [7, 11) is 0. The number of carbonyl (C=O) groups is 1. The average Bonchev–Trinajstić information content (AvgIpc) is 3.14. The average molecular weight is 363 g/mol. The molecule has 0 radical (unpaired) electrons. The van der Waals surface area contributed by atoms with Crippen molar-refractivity contribution < 1.29 is 14.2 Å². The Morgan fingerprint density at radius 3 is 2.71 bits per heavy atom. The molecule has 24 heavy (non-hydrogen) atoms. The molecule has 0 aliphatic heterocycles. The zero-order chi connectivity index (χ0) is 17.1. The van der Waals surface area contributed by atoms with Gasteiger partial charge in [-0.05, 0) is 43.1 Å². The van der Waals surface area contributed by atoms with Crippen LogP contribution in [0.4, 0.5) is 0 Å². The van der Waals surface area contributed by atoms with Crippen molar-refractivity contribution in [2.24, 2.45) is 5.16 Å². The SMILES string of the molecule is Cc1nnsc1-c1onc(C)c1C(=O)ON=Cc1ccc(Cl)cc1. The second-order valence-electron chi connectivity index (χ2n) is 4.82. The number of aromatic nitrogens is 3. The van der Waals surface area contributed by atoms with Crippen molar-refractivity contribution >= 4 is 35.3 Å². The Morgan fingerprint density at radius 1 is 1.29 bits per heavy atom. The molecule has 3 aromatic rings. The van der Waals surface area contributed by atoms with Crippen LogP contribution in [0, 0.1) is 13.8 Å². The van der Waals surface area contributed by atoms with Crippen LogP contribution >= 0.6 is 23.1 Å². The van der Waals surface area contributed by atoms with E-state index in [4.69, 9.17) is 21.0 Å². The van der Waals surface area contributed by atoms with Gasteiger partial charge in [0.05, 0.1) is 17.6 Å². The lowest BCUT2D eigenvalue weighted by molar-refractivity contribution is 0.0519. The largest absolute Gasteiger partial charge is 0.371 e. The standard InChI is InChI=1S/C15H11ClN4O3S/c1-8-12(13(22-19-8)14-9(2)18-20-24-14)15(21)23-17-7-10-3-5-11(16)6-4-10/h3-7H,1-2H3. The lowest BCUT2D eigenvalue weighted by Gasteiger charge is -1.98. The summed E-state index contributed by atoms with van der Waals surface area (Å²) in [4.78, 5) is 17.9. The molecule has 0 fully saturated rings. The minimum Gasteiger partial charge on any atom is -0.354 e. The van der Waals surface area contributed by atoms with Crippen LogP contribution in [0.2, 0.25) is 5.02 Å². The molecule has 0 N–H and O–H groups in total. The molecule has 2 aromatic heterocycles. The summed E-state index contributed by atoms with van der Waals surface area (Å²) in [5.74, 6) is -0.381. The molecule has 2 heterocycles. The van der Waals surface area contributed by atoms with Gasteiger partial charge < -0.3 is 9.36 Å². The van der Waals surface area contributed by atoms with Crippen molar-refractivity contribution in [2.75, 3.05) is 0 Å². The molecule has 1 aromatic carbocycles. The lowest BCUT2D eigenvalue weighted by atomic mass is 10.1. The number of nitrogens with zero attached hydrogens (tertiary/aromatic N) is 4. The molecule has 0 saturated carbocycles. The van der Waals surface area contributed by atoms with Crippen molar-refractivity contribution in [3.8, 4) is 10.6 Å². The van der Waals surface area contributed by atoms with Gasteiger partial charge in [0.25, 0.3) is 0 Å². The topological polar surface area (TPSA) is 90.5 Å². The lowest BCUT2D eigenvalue weighted by Crippen LogP contribution is -2.03. The quantitative estimate of drug-likeness (QED) is 0.399. The van der Waals surface area contributed by atoms with E-state index in [1.807, 2.05) is 0 Å². The Bertz CT molecular complexity index is 902. The molecular formula is C15H11ClN4O3S. The van der Waals surface area contributed by atoms with Crippen LogP contribution in [0.3, 0.4) is 0 Å². The van der Waals surface area contributed by atoms with Crippen molar-refractivity contribution in [3.05, 3.63) is 51.8 Å². The molecule has 0 aliphatic carbocycles. The highest BCUT2D eigenvalue weighted by Gasteiger charge is 2.26. The second kappa shape index (κ2) is 6.90. The highest BCUT2D eigenvalue weighted by molar-refractivity contribution is 7.09. The molecule has 0 atom stereocenters. The van der Waals surface area contributed by atoms with E-state index in [1.54, 1.807) is 38.1 Å². The third-order valence-electron chi connectivity index (χ3n) is 3.13. The molecular weight excluding hydrogens is 352 g/mol. The molecule has 9 heteroatoms. The molecule has 0 bridgehead atoms. The van der Waals surface area contributed by atoms with Crippen molar-refractivity contribution in [3.63, 3.8) is 0 Å². The fraction of sp³-hybridized carbons (Fsp3) is 0.133. The van der Waals surface area contributed by atoms with Crippen LogP contribution in [0.15, 0.2) is 33.9 Å². The highest BCUT2D eigenvalue weighted by atomic mass is 35.5. The fourth-order valence-corrected chi connectivity index (χ4v) is 2.70. The third kappa shape index (κ3) is 3.34. The first-order valence-corrected chi connectivity index (χ1v) is 7.97. The van der Waals surface area contributed by atoms with Gasteiger partial charge in [0.15, 0.2) is 5.76 Å². The summed E-state index contributed by atoms with van der Waals surface area (Å²) in [6.07, 6.45) is 1.41. The number of benzene rings is 1. The predicted octanol–water partition coefficient (Wildman–Crippen LogP) is 3.65. The summed E-state index contributed by atoms with van der Waals surface area (Å²) < 4.78 is 9.06. The minimum absolute atomic E-state index is 0.206. The van der Waals surface area contributed by atoms with Crippen LogP contribution in [0.5, 0.6) is 0 Å². The molecule has 0 saturated heterocycles. The molecule has 0 unspecified atom stereocenters. The number of hydrogen-bond acceptors (Lipinski definition) is 8. The first-order chi connectivity index (χ1) is 11.6. The van der Waals surface area contributed by atoms with E-state index in [9.17, 15) is 4.79 Å². The Kier molecular flexibility index (Phi) is 4.68. The van der Waals surface area contributed by atoms with Gasteiger partial charge in [-0.1, -0.05) is 38.5 Å². The van der Waals surface area contributed by atoms with Gasteiger partial charge >= 0.3 is 5.97 Å². The number of rotatable bonds is 4. The Balaban J connectivity index is 1.80. The maximum Gasteiger partial charge on any atom is 0.371 e. The predicted molar refractivity (Wildman–Crippen MR) is 89.3 cm³/mol. The van der Waals surface area contributed by atoms with E-state index in [2.05, 4.69) is 19.9 Å². The number of carbonyl (C=O) groups excluding carboxylic acids is 1. The number of aryl methyl sites for hydroxylation is 2. The zero-order valence-corrected chi connectivity index (χ0v) is 14.3. The maximum atomic E-state index is 12.3.